The van der Waals surface area contributed by atoms with Crippen LogP contribution in [0.25, 0.3) is 0 Å². The van der Waals surface area contributed by atoms with Gasteiger partial charge >= 0.3 is 6.09 Å². The number of hydrogen-bond acceptors (Lipinski definition) is 3. The van der Waals surface area contributed by atoms with Gasteiger partial charge in [0.25, 0.3) is 0 Å². The van der Waals surface area contributed by atoms with Gasteiger partial charge in [0.05, 0.1) is 0 Å². The molecule has 1 aliphatic heterocycles. The first-order chi connectivity index (χ1) is 10.2. The summed E-state index contributed by atoms with van der Waals surface area (Å²) in [5.74, 6) is 0.263. The number of hydrogen-bond donors (Lipinski definition) is 1. The summed E-state index contributed by atoms with van der Waals surface area (Å²) in [5.41, 5.74) is 8.27. The smallest absolute Gasteiger partial charge is 0.410 e. The number of nitrogens with zero attached hydrogens (tertiary/aromatic N) is 1. The molecule has 0 saturated carbocycles. The third-order valence-electron chi connectivity index (χ3n) is 4.23. The lowest BCUT2D eigenvalue weighted by molar-refractivity contribution is 0.00666. The molecule has 4 nitrogen and oxygen atoms in total. The highest BCUT2D eigenvalue weighted by Gasteiger charge is 2.36. The number of piperidine rings is 1. The molecule has 1 aliphatic rings. The Morgan fingerprint density at radius 3 is 2.64 bits per heavy atom. The molecule has 0 bridgehead atoms. The van der Waals surface area contributed by atoms with Crippen molar-refractivity contribution in [2.45, 2.75) is 64.6 Å². The van der Waals surface area contributed by atoms with E-state index in [-0.39, 0.29) is 24.1 Å². The van der Waals surface area contributed by atoms with E-state index in [2.05, 4.69) is 31.2 Å². The lowest BCUT2D eigenvalue weighted by atomic mass is 9.84. The molecule has 0 aliphatic carbocycles. The molecule has 4 heteroatoms. The molecule has 1 fully saturated rings. The number of carbonyl (C=O) groups excluding carboxylic acids is 1. The highest BCUT2D eigenvalue weighted by molar-refractivity contribution is 5.69. The fourth-order valence-electron chi connectivity index (χ4n) is 2.96. The maximum atomic E-state index is 12.5. The average molecular weight is 304 g/mol. The van der Waals surface area contributed by atoms with Gasteiger partial charge in [-0.15, -0.1) is 0 Å². The van der Waals surface area contributed by atoms with Crippen LogP contribution < -0.4 is 5.73 Å². The van der Waals surface area contributed by atoms with Crippen molar-refractivity contribution >= 4 is 6.09 Å². The number of rotatable bonds is 1. The molecule has 0 radical (unpaired) electrons. The quantitative estimate of drug-likeness (QED) is 0.864. The average Bonchev–Trinajstić information content (AvgIpc) is 2.39. The maximum Gasteiger partial charge on any atom is 0.410 e. The summed E-state index contributed by atoms with van der Waals surface area (Å²) in [7, 11) is 0. The zero-order valence-corrected chi connectivity index (χ0v) is 14.3. The lowest BCUT2D eigenvalue weighted by Gasteiger charge is -2.42. The van der Waals surface area contributed by atoms with Gasteiger partial charge in [0.2, 0.25) is 0 Å². The highest BCUT2D eigenvalue weighted by Crippen LogP contribution is 2.31. The van der Waals surface area contributed by atoms with Crippen LogP contribution in [0, 0.1) is 6.92 Å². The molecule has 2 rings (SSSR count). The van der Waals surface area contributed by atoms with E-state index in [4.69, 9.17) is 10.5 Å². The number of carbonyl (C=O) groups is 1. The number of benzene rings is 1. The van der Waals surface area contributed by atoms with Crippen LogP contribution >= 0.6 is 0 Å². The molecule has 1 amide bonds. The van der Waals surface area contributed by atoms with Crippen molar-refractivity contribution in [1.29, 1.82) is 0 Å². The predicted molar refractivity (Wildman–Crippen MR) is 88.9 cm³/mol. The second-order valence-electron chi connectivity index (χ2n) is 7.38. The van der Waals surface area contributed by atoms with Crippen LogP contribution in [0.4, 0.5) is 4.79 Å². The molecule has 1 saturated heterocycles. The Hall–Kier alpha value is -1.55. The Bertz CT molecular complexity index is 536. The topological polar surface area (TPSA) is 55.6 Å². The minimum Gasteiger partial charge on any atom is -0.444 e. The first-order valence-corrected chi connectivity index (χ1v) is 7.99. The van der Waals surface area contributed by atoms with E-state index in [9.17, 15) is 4.79 Å². The molecule has 22 heavy (non-hydrogen) atoms. The van der Waals surface area contributed by atoms with Crippen LogP contribution in [-0.2, 0) is 4.74 Å². The van der Waals surface area contributed by atoms with Gasteiger partial charge < -0.3 is 15.4 Å². The molecule has 1 aromatic carbocycles. The van der Waals surface area contributed by atoms with Crippen LogP contribution in [0.2, 0.25) is 0 Å². The van der Waals surface area contributed by atoms with E-state index in [0.717, 1.165) is 6.42 Å². The molecule has 3 atom stereocenters. The van der Waals surface area contributed by atoms with Crippen LogP contribution in [-0.4, -0.2) is 35.2 Å². The van der Waals surface area contributed by atoms with Crippen molar-refractivity contribution in [3.8, 4) is 0 Å². The molecule has 1 aromatic rings. The second kappa shape index (κ2) is 6.29. The van der Waals surface area contributed by atoms with Crippen molar-refractivity contribution in [3.63, 3.8) is 0 Å². The van der Waals surface area contributed by atoms with Crippen LogP contribution in [0.15, 0.2) is 24.3 Å². The zero-order valence-electron chi connectivity index (χ0n) is 14.3. The van der Waals surface area contributed by atoms with Gasteiger partial charge in [-0.2, -0.15) is 0 Å². The van der Waals surface area contributed by atoms with Gasteiger partial charge in [0.15, 0.2) is 0 Å². The summed E-state index contributed by atoms with van der Waals surface area (Å²) in [6, 6.07) is 8.41. The van der Waals surface area contributed by atoms with E-state index >= 15 is 0 Å². The summed E-state index contributed by atoms with van der Waals surface area (Å²) in [6.07, 6.45) is 0.622. The number of amides is 1. The normalized spacial score (nSPS) is 25.9. The van der Waals surface area contributed by atoms with Gasteiger partial charge in [0, 0.05) is 24.5 Å². The first kappa shape index (κ1) is 16.8. The third-order valence-corrected chi connectivity index (χ3v) is 4.23. The van der Waals surface area contributed by atoms with E-state index < -0.39 is 5.60 Å². The fourth-order valence-corrected chi connectivity index (χ4v) is 2.96. The molecule has 0 spiro atoms. The molecular formula is C18H28N2O2. The van der Waals surface area contributed by atoms with Crippen molar-refractivity contribution < 1.29 is 9.53 Å². The summed E-state index contributed by atoms with van der Waals surface area (Å²) < 4.78 is 5.54. The number of nitrogens with two attached hydrogens (primary N) is 1. The molecular weight excluding hydrogens is 276 g/mol. The number of aryl methyl sites for hydroxylation is 1. The largest absolute Gasteiger partial charge is 0.444 e. The summed E-state index contributed by atoms with van der Waals surface area (Å²) in [5, 5.41) is 0. The standard InChI is InChI=1S/C18H28N2O2/c1-12-7-6-8-14(9-12)15-10-16(19)13(2)20(11-15)17(21)22-18(3,4)5/h6-9,13,15-16H,10-11,19H2,1-5H3. The van der Waals surface area contributed by atoms with Crippen LogP contribution in [0.5, 0.6) is 0 Å². The Labute approximate surface area is 133 Å². The van der Waals surface area contributed by atoms with E-state index in [0.29, 0.717) is 6.54 Å². The summed E-state index contributed by atoms with van der Waals surface area (Å²) in [4.78, 5) is 14.2. The van der Waals surface area contributed by atoms with Crippen LogP contribution in [0.3, 0.4) is 0 Å². The predicted octanol–water partition coefficient (Wildman–Crippen LogP) is 3.44. The fraction of sp³-hybridized carbons (Fsp3) is 0.611. The Morgan fingerprint density at radius 2 is 2.05 bits per heavy atom. The van der Waals surface area contributed by atoms with Crippen molar-refractivity contribution in [3.05, 3.63) is 35.4 Å². The highest BCUT2D eigenvalue weighted by atomic mass is 16.6. The van der Waals surface area contributed by atoms with Gasteiger partial charge in [-0.25, -0.2) is 4.79 Å². The Balaban J connectivity index is 2.18. The van der Waals surface area contributed by atoms with Crippen molar-refractivity contribution in [1.82, 2.24) is 4.90 Å². The van der Waals surface area contributed by atoms with Gasteiger partial charge in [-0.1, -0.05) is 29.8 Å². The SMILES string of the molecule is Cc1cccc(C2CC(N)C(C)N(C(=O)OC(C)(C)C)C2)c1. The lowest BCUT2D eigenvalue weighted by Crippen LogP contribution is -2.55. The number of ether oxygens (including phenoxy) is 1. The third kappa shape index (κ3) is 4.01. The number of likely N-dealkylation sites (tertiary alicyclic amines) is 1. The van der Waals surface area contributed by atoms with E-state index in [1.54, 1.807) is 4.90 Å². The summed E-state index contributed by atoms with van der Waals surface area (Å²) in [6.45, 7) is 10.4. The first-order valence-electron chi connectivity index (χ1n) is 7.99. The van der Waals surface area contributed by atoms with E-state index in [1.807, 2.05) is 27.7 Å². The minimum absolute atomic E-state index is 0.00379. The molecule has 1 heterocycles. The monoisotopic (exact) mass is 304 g/mol. The van der Waals surface area contributed by atoms with Gasteiger partial charge in [-0.3, -0.25) is 0 Å². The van der Waals surface area contributed by atoms with Crippen molar-refractivity contribution in [2.75, 3.05) is 6.54 Å². The Kier molecular flexibility index (Phi) is 4.81. The minimum atomic E-state index is -0.489. The maximum absolute atomic E-state index is 12.5. The van der Waals surface area contributed by atoms with Crippen LogP contribution in [0.1, 0.15) is 51.2 Å². The zero-order chi connectivity index (χ0) is 16.5. The van der Waals surface area contributed by atoms with Gasteiger partial charge in [-0.05, 0) is 46.6 Å². The second-order valence-corrected chi connectivity index (χ2v) is 7.38. The molecule has 122 valence electrons. The summed E-state index contributed by atoms with van der Waals surface area (Å²) >= 11 is 0. The van der Waals surface area contributed by atoms with Crippen molar-refractivity contribution in [2.24, 2.45) is 5.73 Å². The molecule has 3 unspecified atom stereocenters. The Morgan fingerprint density at radius 1 is 1.36 bits per heavy atom. The molecule has 2 N–H and O–H groups in total. The molecule has 0 aromatic heterocycles. The van der Waals surface area contributed by atoms with Gasteiger partial charge in [0.1, 0.15) is 5.60 Å². The van der Waals surface area contributed by atoms with E-state index in [1.165, 1.54) is 11.1 Å².